The molecule has 0 saturated heterocycles. The van der Waals surface area contributed by atoms with Crippen LogP contribution in [0.1, 0.15) is 0 Å². The molecule has 0 fully saturated rings. The first-order valence-corrected chi connectivity index (χ1v) is 4.90. The van der Waals surface area contributed by atoms with Crippen molar-refractivity contribution >= 4 is 23.4 Å². The van der Waals surface area contributed by atoms with E-state index in [9.17, 15) is 9.59 Å². The molecule has 2 N–H and O–H groups in total. The fraction of sp³-hybridized carbons (Fsp3) is 0.0909. The average molecular weight is 246 g/mol. The topological polar surface area (TPSA) is 104 Å². The van der Waals surface area contributed by atoms with Gasteiger partial charge in [0.25, 0.3) is 5.91 Å². The monoisotopic (exact) mass is 246 g/mol. The smallest absolute Gasteiger partial charge is 0.353 e. The highest BCUT2D eigenvalue weighted by Gasteiger charge is 2.10. The van der Waals surface area contributed by atoms with Crippen molar-refractivity contribution in [1.29, 1.82) is 5.26 Å². The number of amides is 2. The highest BCUT2D eigenvalue weighted by molar-refractivity contribution is 6.45. The largest absolute Gasteiger partial charge is 0.437 e. The maximum atomic E-state index is 11.3. The molecule has 0 aromatic heterocycles. The Labute approximate surface area is 103 Å². The van der Waals surface area contributed by atoms with E-state index in [1.807, 2.05) is 0 Å². The molecule has 2 amide bonds. The van der Waals surface area contributed by atoms with Gasteiger partial charge in [0, 0.05) is 12.7 Å². The zero-order valence-electron chi connectivity index (χ0n) is 9.51. The lowest BCUT2D eigenvalue weighted by atomic mass is 10.3. The molecule has 1 aromatic carbocycles. The standard InChI is InChI=1S/C11H10N4O3/c1-13-10(16)9(7-12)15-18-11(17)14-8-5-3-2-4-6-8/h2-6H,1H3,(H,13,16)(H,14,17). The maximum Gasteiger partial charge on any atom is 0.437 e. The van der Waals surface area contributed by atoms with Crippen molar-refractivity contribution in [2.24, 2.45) is 5.16 Å². The third kappa shape index (κ3) is 3.94. The van der Waals surface area contributed by atoms with Crippen molar-refractivity contribution < 1.29 is 14.4 Å². The Hall–Kier alpha value is -2.88. The van der Waals surface area contributed by atoms with Crippen LogP contribution in [0.15, 0.2) is 35.5 Å². The number of nitriles is 1. The van der Waals surface area contributed by atoms with Crippen LogP contribution in [-0.4, -0.2) is 24.8 Å². The minimum Gasteiger partial charge on any atom is -0.353 e. The third-order valence-electron chi connectivity index (χ3n) is 1.79. The van der Waals surface area contributed by atoms with Gasteiger partial charge in [0.1, 0.15) is 6.07 Å². The molecular formula is C11H10N4O3. The lowest BCUT2D eigenvalue weighted by molar-refractivity contribution is -0.114. The van der Waals surface area contributed by atoms with Crippen molar-refractivity contribution in [2.45, 2.75) is 0 Å². The van der Waals surface area contributed by atoms with Gasteiger partial charge >= 0.3 is 6.09 Å². The van der Waals surface area contributed by atoms with Crippen LogP contribution in [0.3, 0.4) is 0 Å². The summed E-state index contributed by atoms with van der Waals surface area (Å²) >= 11 is 0. The van der Waals surface area contributed by atoms with Crippen molar-refractivity contribution in [2.75, 3.05) is 12.4 Å². The summed E-state index contributed by atoms with van der Waals surface area (Å²) in [7, 11) is 1.33. The molecule has 0 aliphatic rings. The Morgan fingerprint density at radius 2 is 2.00 bits per heavy atom. The van der Waals surface area contributed by atoms with Gasteiger partial charge in [0.15, 0.2) is 0 Å². The normalized spacial score (nSPS) is 10.1. The Morgan fingerprint density at radius 3 is 2.56 bits per heavy atom. The van der Waals surface area contributed by atoms with Crippen LogP contribution in [0.4, 0.5) is 10.5 Å². The number of carbonyl (C=O) groups excluding carboxylic acids is 2. The van der Waals surface area contributed by atoms with Crippen LogP contribution in [0.2, 0.25) is 0 Å². The first-order chi connectivity index (χ1) is 8.67. The molecule has 0 unspecified atom stereocenters. The third-order valence-corrected chi connectivity index (χ3v) is 1.79. The second kappa shape index (κ2) is 6.65. The van der Waals surface area contributed by atoms with Crippen LogP contribution < -0.4 is 10.6 Å². The Balaban J connectivity index is 2.58. The van der Waals surface area contributed by atoms with E-state index in [1.54, 1.807) is 30.3 Å². The van der Waals surface area contributed by atoms with Crippen LogP contribution in [-0.2, 0) is 9.63 Å². The lowest BCUT2D eigenvalue weighted by Gasteiger charge is -2.01. The number of rotatable bonds is 3. The number of benzene rings is 1. The highest BCUT2D eigenvalue weighted by Crippen LogP contribution is 2.05. The minimum absolute atomic E-state index is 0.510. The van der Waals surface area contributed by atoms with Crippen molar-refractivity contribution in [1.82, 2.24) is 5.32 Å². The summed E-state index contributed by atoms with van der Waals surface area (Å²) in [5.74, 6) is -0.731. The van der Waals surface area contributed by atoms with Gasteiger partial charge in [-0.2, -0.15) is 5.26 Å². The summed E-state index contributed by atoms with van der Waals surface area (Å²) in [5, 5.41) is 16.3. The lowest BCUT2D eigenvalue weighted by Crippen LogP contribution is -2.27. The number of anilines is 1. The molecule has 0 spiro atoms. The summed E-state index contributed by atoms with van der Waals surface area (Å²) in [5.41, 5.74) is -0.0307. The number of hydrogen-bond acceptors (Lipinski definition) is 5. The van der Waals surface area contributed by atoms with Crippen molar-refractivity contribution in [3.8, 4) is 6.07 Å². The molecule has 0 aliphatic carbocycles. The zero-order chi connectivity index (χ0) is 13.4. The maximum absolute atomic E-state index is 11.3. The van der Waals surface area contributed by atoms with Crippen LogP contribution in [0.25, 0.3) is 0 Å². The number of hydrogen-bond donors (Lipinski definition) is 2. The molecule has 0 atom stereocenters. The number of nitrogens with zero attached hydrogens (tertiary/aromatic N) is 2. The fourth-order valence-corrected chi connectivity index (χ4v) is 0.980. The molecule has 18 heavy (non-hydrogen) atoms. The molecule has 1 aromatic rings. The predicted molar refractivity (Wildman–Crippen MR) is 63.7 cm³/mol. The fourth-order valence-electron chi connectivity index (χ4n) is 0.980. The second-order valence-electron chi connectivity index (χ2n) is 3.00. The van der Waals surface area contributed by atoms with Gasteiger partial charge in [-0.3, -0.25) is 14.9 Å². The summed E-state index contributed by atoms with van der Waals surface area (Å²) in [4.78, 5) is 26.7. The quantitative estimate of drug-likeness (QED) is 0.469. The average Bonchev–Trinajstić information content (AvgIpc) is 2.40. The van der Waals surface area contributed by atoms with Crippen LogP contribution in [0.5, 0.6) is 0 Å². The summed E-state index contributed by atoms with van der Waals surface area (Å²) in [6, 6.07) is 10.0. The van der Waals surface area contributed by atoms with E-state index in [1.165, 1.54) is 13.1 Å². The SMILES string of the molecule is CNC(=O)C(C#N)=NOC(=O)Nc1ccccc1. The Kier molecular flexibility index (Phi) is 4.87. The van der Waals surface area contributed by atoms with Gasteiger partial charge in [0.05, 0.1) is 0 Å². The molecule has 7 heteroatoms. The van der Waals surface area contributed by atoms with Crippen molar-refractivity contribution in [3.63, 3.8) is 0 Å². The first-order valence-electron chi connectivity index (χ1n) is 4.90. The molecule has 1 rings (SSSR count). The molecule has 0 heterocycles. The molecule has 92 valence electrons. The van der Waals surface area contributed by atoms with E-state index in [2.05, 4.69) is 20.6 Å². The molecule has 7 nitrogen and oxygen atoms in total. The molecule has 0 saturated carbocycles. The van der Waals surface area contributed by atoms with E-state index in [4.69, 9.17) is 5.26 Å². The van der Waals surface area contributed by atoms with E-state index < -0.39 is 17.7 Å². The van der Waals surface area contributed by atoms with Gasteiger partial charge in [-0.1, -0.05) is 23.4 Å². The van der Waals surface area contributed by atoms with Gasteiger partial charge in [-0.15, -0.1) is 0 Å². The van der Waals surface area contributed by atoms with E-state index >= 15 is 0 Å². The van der Waals surface area contributed by atoms with Gasteiger partial charge in [-0.05, 0) is 12.1 Å². The van der Waals surface area contributed by atoms with Crippen LogP contribution in [0, 0.1) is 11.3 Å². The Bertz CT molecular complexity index is 505. The minimum atomic E-state index is -0.891. The number of oxime groups is 1. The Morgan fingerprint density at radius 1 is 1.33 bits per heavy atom. The van der Waals surface area contributed by atoms with E-state index in [0.717, 1.165) is 0 Å². The van der Waals surface area contributed by atoms with E-state index in [-0.39, 0.29) is 0 Å². The van der Waals surface area contributed by atoms with Gasteiger partial charge < -0.3 is 5.32 Å². The first kappa shape index (κ1) is 13.2. The van der Waals surface area contributed by atoms with Gasteiger partial charge in [-0.25, -0.2) is 4.79 Å². The van der Waals surface area contributed by atoms with E-state index in [0.29, 0.717) is 5.69 Å². The summed E-state index contributed by atoms with van der Waals surface area (Å²) in [6.45, 7) is 0. The molecular weight excluding hydrogens is 236 g/mol. The highest BCUT2D eigenvalue weighted by atomic mass is 16.7. The zero-order valence-corrected chi connectivity index (χ0v) is 9.51. The number of para-hydroxylation sites is 1. The second-order valence-corrected chi connectivity index (χ2v) is 3.00. The van der Waals surface area contributed by atoms with Crippen molar-refractivity contribution in [3.05, 3.63) is 30.3 Å². The predicted octanol–water partition coefficient (Wildman–Crippen LogP) is 0.861. The molecule has 0 bridgehead atoms. The summed E-state index contributed by atoms with van der Waals surface area (Å²) in [6.07, 6.45) is -0.891. The summed E-state index contributed by atoms with van der Waals surface area (Å²) < 4.78 is 0. The van der Waals surface area contributed by atoms with Crippen LogP contribution >= 0.6 is 0 Å². The molecule has 0 aliphatic heterocycles. The number of carbonyl (C=O) groups is 2. The molecule has 0 radical (unpaired) electrons. The number of nitrogens with one attached hydrogen (secondary N) is 2. The van der Waals surface area contributed by atoms with Gasteiger partial charge in [0.2, 0.25) is 5.71 Å².